The summed E-state index contributed by atoms with van der Waals surface area (Å²) in [5.74, 6) is -0.631. The third kappa shape index (κ3) is 8.06. The summed E-state index contributed by atoms with van der Waals surface area (Å²) in [6, 6.07) is 14.2. The molecule has 7 heteroatoms. The third-order valence-electron chi connectivity index (χ3n) is 4.74. The van der Waals surface area contributed by atoms with Crippen molar-refractivity contribution in [2.75, 3.05) is 13.2 Å². The van der Waals surface area contributed by atoms with Crippen molar-refractivity contribution < 1.29 is 23.9 Å². The molecule has 0 heterocycles. The molecule has 1 atom stereocenters. The van der Waals surface area contributed by atoms with Gasteiger partial charge in [0.25, 0.3) is 5.91 Å². The van der Waals surface area contributed by atoms with E-state index in [-0.39, 0.29) is 12.5 Å². The van der Waals surface area contributed by atoms with Crippen molar-refractivity contribution in [3.63, 3.8) is 0 Å². The van der Waals surface area contributed by atoms with Crippen LogP contribution in [0.5, 0.6) is 5.75 Å². The molecule has 0 aliphatic heterocycles. The van der Waals surface area contributed by atoms with Crippen LogP contribution in [0.1, 0.15) is 61.5 Å². The SMILES string of the molecule is CCCOC(=O)c1ccc(OCC(=O)NNC(=O)C(C)c2ccc(CC(C)C)cc2)cc1. The van der Waals surface area contributed by atoms with Gasteiger partial charge in [0.15, 0.2) is 6.61 Å². The van der Waals surface area contributed by atoms with E-state index in [9.17, 15) is 14.4 Å². The number of carbonyl (C=O) groups is 3. The van der Waals surface area contributed by atoms with Crippen LogP contribution in [0.2, 0.25) is 0 Å². The number of rotatable bonds is 10. The number of hydrazine groups is 1. The van der Waals surface area contributed by atoms with Crippen LogP contribution in [-0.2, 0) is 20.7 Å². The summed E-state index contributed by atoms with van der Waals surface area (Å²) in [4.78, 5) is 36.1. The monoisotopic (exact) mass is 440 g/mol. The number of hydrogen-bond acceptors (Lipinski definition) is 5. The second-order valence-electron chi connectivity index (χ2n) is 8.05. The zero-order valence-electron chi connectivity index (χ0n) is 19.1. The van der Waals surface area contributed by atoms with Gasteiger partial charge < -0.3 is 9.47 Å². The van der Waals surface area contributed by atoms with Crippen LogP contribution in [0.3, 0.4) is 0 Å². The lowest BCUT2D eigenvalue weighted by molar-refractivity contribution is -0.130. The summed E-state index contributed by atoms with van der Waals surface area (Å²) in [6.45, 7) is 8.11. The normalized spacial score (nSPS) is 11.5. The van der Waals surface area contributed by atoms with Gasteiger partial charge >= 0.3 is 5.97 Å². The molecule has 0 bridgehead atoms. The maximum atomic E-state index is 12.4. The summed E-state index contributed by atoms with van der Waals surface area (Å²) in [7, 11) is 0. The average molecular weight is 441 g/mol. The number of nitrogens with one attached hydrogen (secondary N) is 2. The van der Waals surface area contributed by atoms with Gasteiger partial charge in [-0.25, -0.2) is 4.79 Å². The first-order chi connectivity index (χ1) is 15.3. The molecule has 0 fully saturated rings. The number of benzene rings is 2. The Morgan fingerprint density at radius 3 is 2.16 bits per heavy atom. The van der Waals surface area contributed by atoms with E-state index in [1.807, 2.05) is 31.2 Å². The molecule has 7 nitrogen and oxygen atoms in total. The Morgan fingerprint density at radius 1 is 0.906 bits per heavy atom. The van der Waals surface area contributed by atoms with E-state index in [1.165, 1.54) is 5.56 Å². The Labute approximate surface area is 189 Å². The molecule has 0 aliphatic rings. The highest BCUT2D eigenvalue weighted by molar-refractivity contribution is 5.89. The second-order valence-corrected chi connectivity index (χ2v) is 8.05. The first-order valence-corrected chi connectivity index (χ1v) is 10.9. The molecule has 0 aliphatic carbocycles. The quantitative estimate of drug-likeness (QED) is 0.433. The maximum Gasteiger partial charge on any atom is 0.338 e. The molecule has 1 unspecified atom stereocenters. The first kappa shape index (κ1) is 24.9. The molecule has 0 spiro atoms. The molecule has 2 aromatic rings. The molecule has 2 N–H and O–H groups in total. The molecular formula is C25H32N2O5. The highest BCUT2D eigenvalue weighted by atomic mass is 16.5. The predicted molar refractivity (Wildman–Crippen MR) is 122 cm³/mol. The molecule has 172 valence electrons. The minimum atomic E-state index is -0.496. The highest BCUT2D eigenvalue weighted by Crippen LogP contribution is 2.17. The van der Waals surface area contributed by atoms with Crippen molar-refractivity contribution in [2.45, 2.75) is 46.5 Å². The van der Waals surface area contributed by atoms with Crippen molar-refractivity contribution in [2.24, 2.45) is 5.92 Å². The fraction of sp³-hybridized carbons (Fsp3) is 0.400. The van der Waals surface area contributed by atoms with Gasteiger partial charge in [-0.1, -0.05) is 45.0 Å². The molecule has 0 aromatic heterocycles. The van der Waals surface area contributed by atoms with Gasteiger partial charge in [0.2, 0.25) is 5.91 Å². The number of carbonyl (C=O) groups excluding carboxylic acids is 3. The lowest BCUT2D eigenvalue weighted by Gasteiger charge is -2.14. The Kier molecular flexibility index (Phi) is 9.73. The van der Waals surface area contributed by atoms with E-state index in [0.29, 0.717) is 23.8 Å². The summed E-state index contributed by atoms with van der Waals surface area (Å²) in [5.41, 5.74) is 7.30. The van der Waals surface area contributed by atoms with Crippen LogP contribution >= 0.6 is 0 Å². The minimum Gasteiger partial charge on any atom is -0.484 e. The Morgan fingerprint density at radius 2 is 1.56 bits per heavy atom. The highest BCUT2D eigenvalue weighted by Gasteiger charge is 2.16. The minimum absolute atomic E-state index is 0.280. The fourth-order valence-corrected chi connectivity index (χ4v) is 2.96. The van der Waals surface area contributed by atoms with Crippen molar-refractivity contribution >= 4 is 17.8 Å². The lowest BCUT2D eigenvalue weighted by Crippen LogP contribution is -2.45. The number of esters is 1. The first-order valence-electron chi connectivity index (χ1n) is 10.9. The summed E-state index contributed by atoms with van der Waals surface area (Å²) < 4.78 is 10.4. The van der Waals surface area contributed by atoms with Gasteiger partial charge in [0, 0.05) is 0 Å². The summed E-state index contributed by atoms with van der Waals surface area (Å²) >= 11 is 0. The fourth-order valence-electron chi connectivity index (χ4n) is 2.96. The van der Waals surface area contributed by atoms with E-state index >= 15 is 0 Å². The van der Waals surface area contributed by atoms with Crippen molar-refractivity contribution in [1.29, 1.82) is 0 Å². The van der Waals surface area contributed by atoms with Gasteiger partial charge in [-0.3, -0.25) is 20.4 Å². The second kappa shape index (κ2) is 12.5. The van der Waals surface area contributed by atoms with E-state index in [2.05, 4.69) is 24.7 Å². The summed E-state index contributed by atoms with van der Waals surface area (Å²) in [5, 5.41) is 0. The molecular weight excluding hydrogens is 408 g/mol. The Bertz CT molecular complexity index is 892. The lowest BCUT2D eigenvalue weighted by atomic mass is 9.96. The molecule has 0 radical (unpaired) electrons. The standard InChI is InChI=1S/C25H32N2O5/c1-5-14-31-25(30)21-10-12-22(13-11-21)32-16-23(28)26-27-24(29)18(4)20-8-6-19(7-9-20)15-17(2)3/h6-13,17-18H,5,14-16H2,1-4H3,(H,26,28)(H,27,29). The topological polar surface area (TPSA) is 93.7 Å². The maximum absolute atomic E-state index is 12.4. The van der Waals surface area contributed by atoms with Gasteiger partial charge in [-0.05, 0) is 61.1 Å². The van der Waals surface area contributed by atoms with E-state index in [4.69, 9.17) is 9.47 Å². The van der Waals surface area contributed by atoms with Crippen LogP contribution in [-0.4, -0.2) is 31.0 Å². The van der Waals surface area contributed by atoms with Gasteiger partial charge in [-0.15, -0.1) is 0 Å². The van der Waals surface area contributed by atoms with Crippen molar-refractivity contribution in [3.05, 3.63) is 65.2 Å². The van der Waals surface area contributed by atoms with E-state index in [0.717, 1.165) is 18.4 Å². The average Bonchev–Trinajstić information content (AvgIpc) is 2.79. The smallest absolute Gasteiger partial charge is 0.338 e. The molecule has 2 rings (SSSR count). The number of amides is 2. The zero-order chi connectivity index (χ0) is 23.5. The van der Waals surface area contributed by atoms with Crippen LogP contribution in [0, 0.1) is 5.92 Å². The molecule has 0 saturated carbocycles. The van der Waals surface area contributed by atoms with Crippen LogP contribution in [0.4, 0.5) is 0 Å². The Hall–Kier alpha value is -3.35. The zero-order valence-corrected chi connectivity index (χ0v) is 19.1. The van der Waals surface area contributed by atoms with E-state index in [1.54, 1.807) is 31.2 Å². The van der Waals surface area contributed by atoms with E-state index < -0.39 is 17.8 Å². The third-order valence-corrected chi connectivity index (χ3v) is 4.74. The van der Waals surface area contributed by atoms with Gasteiger partial charge in [0.05, 0.1) is 18.1 Å². The molecule has 32 heavy (non-hydrogen) atoms. The van der Waals surface area contributed by atoms with Crippen molar-refractivity contribution in [1.82, 2.24) is 10.9 Å². The van der Waals surface area contributed by atoms with Crippen LogP contribution in [0.25, 0.3) is 0 Å². The molecule has 2 amide bonds. The van der Waals surface area contributed by atoms with Crippen molar-refractivity contribution in [3.8, 4) is 5.75 Å². The van der Waals surface area contributed by atoms with Gasteiger partial charge in [-0.2, -0.15) is 0 Å². The Balaban J connectivity index is 1.76. The van der Waals surface area contributed by atoms with Crippen LogP contribution < -0.4 is 15.6 Å². The molecule has 0 saturated heterocycles. The number of hydrogen-bond donors (Lipinski definition) is 2. The predicted octanol–water partition coefficient (Wildman–Crippen LogP) is 3.78. The summed E-state index contributed by atoms with van der Waals surface area (Å²) in [6.07, 6.45) is 1.74. The molecule has 2 aromatic carbocycles. The largest absolute Gasteiger partial charge is 0.484 e. The van der Waals surface area contributed by atoms with Gasteiger partial charge in [0.1, 0.15) is 5.75 Å². The van der Waals surface area contributed by atoms with Crippen LogP contribution in [0.15, 0.2) is 48.5 Å². The number of ether oxygens (including phenoxy) is 2.